The molecule has 0 bridgehead atoms. The molecular weight excluding hydrogens is 616 g/mol. The molecule has 1 aromatic rings. The second-order valence-electron chi connectivity index (χ2n) is 14.8. The number of oxime groups is 1. The minimum atomic E-state index is -1.18. The van der Waals surface area contributed by atoms with Crippen molar-refractivity contribution in [2.45, 2.75) is 115 Å². The number of benzene rings is 1. The highest BCUT2D eigenvalue weighted by atomic mass is 16.7. The third kappa shape index (κ3) is 7.19. The number of likely N-dealkylation sites (N-methyl/N-ethyl adjacent to an activating group) is 1. The van der Waals surface area contributed by atoms with E-state index >= 15 is 0 Å². The molecular formula is C35H46N6O7. The van der Waals surface area contributed by atoms with E-state index in [-0.39, 0.29) is 19.1 Å². The summed E-state index contributed by atoms with van der Waals surface area (Å²) in [7, 11) is 1.36. The Morgan fingerprint density at radius 3 is 2.31 bits per heavy atom. The van der Waals surface area contributed by atoms with Crippen LogP contribution in [0.2, 0.25) is 0 Å². The molecule has 5 aliphatic rings. The Labute approximate surface area is 280 Å². The van der Waals surface area contributed by atoms with Crippen molar-refractivity contribution in [2.24, 2.45) is 10.6 Å². The summed E-state index contributed by atoms with van der Waals surface area (Å²) >= 11 is 0. The Morgan fingerprint density at radius 1 is 1.04 bits per heavy atom. The van der Waals surface area contributed by atoms with Crippen molar-refractivity contribution in [3.63, 3.8) is 0 Å². The summed E-state index contributed by atoms with van der Waals surface area (Å²) in [4.78, 5) is 76.6. The standard InChI is InChI=1S/C35H46N6O7/c1-34(2,3)29(38-33(46)47-24-11-7-8-12-24)32(45)41-20-35(17-27(39-48-35)40-18-22-9-5-6-10-23(22)19-40)16-26(41)30(43)37-25(15-21-13-14-21)28(42)31(44)36-4/h5-6,9-10,15,24-26,29H,7-8,11-14,16-20H2,1-4H3,(H,36,44)(H,37,43)(H,38,46)/t25-,26-,29+,35-/m0/s1. The molecule has 0 aromatic heterocycles. The number of fused-ring (bicyclic) bond motifs is 1. The van der Waals surface area contributed by atoms with Crippen LogP contribution in [0.3, 0.4) is 0 Å². The molecule has 13 nitrogen and oxygen atoms in total. The lowest BCUT2D eigenvalue weighted by molar-refractivity contribution is -0.143. The first kappa shape index (κ1) is 33.5. The molecule has 13 heteroatoms. The van der Waals surface area contributed by atoms with Crippen LogP contribution in [0.5, 0.6) is 0 Å². The van der Waals surface area contributed by atoms with Crippen LogP contribution < -0.4 is 16.0 Å². The Hall–Kier alpha value is -4.42. The number of likely N-dealkylation sites (tertiary alicyclic amines) is 1. The van der Waals surface area contributed by atoms with Crippen LogP contribution in [0.15, 0.2) is 41.1 Å². The molecule has 6 rings (SSSR count). The average molecular weight is 663 g/mol. The number of carbonyl (C=O) groups excluding carboxylic acids is 5. The highest BCUT2D eigenvalue weighted by molar-refractivity contribution is 6.39. The number of hydrogen-bond acceptors (Lipinski definition) is 9. The Morgan fingerprint density at radius 2 is 1.71 bits per heavy atom. The van der Waals surface area contributed by atoms with Crippen LogP contribution in [-0.2, 0) is 41.8 Å². The molecule has 4 atom stereocenters. The first-order valence-corrected chi connectivity index (χ1v) is 17.0. The first-order chi connectivity index (χ1) is 22.9. The summed E-state index contributed by atoms with van der Waals surface area (Å²) in [6.45, 7) is 6.91. The van der Waals surface area contributed by atoms with Crippen molar-refractivity contribution in [2.75, 3.05) is 13.6 Å². The number of allylic oxidation sites excluding steroid dienone is 1. The summed E-state index contributed by atoms with van der Waals surface area (Å²) in [5.41, 5.74) is 1.65. The maximum Gasteiger partial charge on any atom is 0.408 e. The maximum absolute atomic E-state index is 14.5. The summed E-state index contributed by atoms with van der Waals surface area (Å²) in [5.74, 6) is -1.95. The van der Waals surface area contributed by atoms with E-state index in [1.165, 1.54) is 23.1 Å². The van der Waals surface area contributed by atoms with Crippen LogP contribution in [0.1, 0.15) is 83.3 Å². The molecule has 1 aromatic carbocycles. The zero-order chi connectivity index (χ0) is 34.2. The monoisotopic (exact) mass is 662 g/mol. The number of amides is 4. The Bertz CT molecular complexity index is 1510. The minimum absolute atomic E-state index is 0.0405. The number of nitrogens with one attached hydrogen (secondary N) is 3. The molecule has 3 heterocycles. The summed E-state index contributed by atoms with van der Waals surface area (Å²) in [6.07, 6.45) is 6.35. The van der Waals surface area contributed by atoms with E-state index in [2.05, 4.69) is 38.1 Å². The molecule has 0 unspecified atom stereocenters. The third-order valence-corrected chi connectivity index (χ3v) is 9.94. The SMILES string of the molecule is CNC(=O)C(=O)[C@H](C=C1CC1)NC(=O)[C@@H]1C[C@]2(CC(N3Cc4ccccc4C3)=NO2)CN1C(=O)[C@@H](NC(=O)OC1CCCC1)C(C)(C)C. The smallest absolute Gasteiger partial charge is 0.408 e. The van der Waals surface area contributed by atoms with Crippen LogP contribution in [0.4, 0.5) is 4.79 Å². The second kappa shape index (κ2) is 13.2. The predicted molar refractivity (Wildman–Crippen MR) is 175 cm³/mol. The fraction of sp³-hybridized carbons (Fsp3) is 0.600. The lowest BCUT2D eigenvalue weighted by atomic mass is 9.85. The average Bonchev–Trinajstić information content (AvgIpc) is 3.45. The van der Waals surface area contributed by atoms with Gasteiger partial charge in [0, 0.05) is 26.6 Å². The Balaban J connectivity index is 1.24. The van der Waals surface area contributed by atoms with E-state index in [1.54, 1.807) is 6.08 Å². The van der Waals surface area contributed by atoms with Gasteiger partial charge in [-0.3, -0.25) is 19.2 Å². The van der Waals surface area contributed by atoms with E-state index < -0.39 is 58.7 Å². The number of rotatable bonds is 8. The third-order valence-electron chi connectivity index (χ3n) is 9.94. The van der Waals surface area contributed by atoms with Crippen molar-refractivity contribution < 1.29 is 33.5 Å². The van der Waals surface area contributed by atoms with E-state index in [1.807, 2.05) is 32.9 Å². The number of Topliss-reactive ketones (excluding diaryl/α,β-unsaturated/α-hetero) is 1. The van der Waals surface area contributed by atoms with Gasteiger partial charge in [0.25, 0.3) is 5.91 Å². The highest BCUT2D eigenvalue weighted by Crippen LogP contribution is 2.41. The number of amidine groups is 1. The van der Waals surface area contributed by atoms with Gasteiger partial charge in [0.2, 0.25) is 17.6 Å². The van der Waals surface area contributed by atoms with E-state index in [4.69, 9.17) is 9.57 Å². The molecule has 1 saturated heterocycles. The molecule has 3 N–H and O–H groups in total. The van der Waals surface area contributed by atoms with E-state index in [9.17, 15) is 24.0 Å². The van der Waals surface area contributed by atoms with Gasteiger partial charge in [0.1, 0.15) is 30.1 Å². The van der Waals surface area contributed by atoms with Gasteiger partial charge >= 0.3 is 6.09 Å². The molecule has 2 saturated carbocycles. The first-order valence-electron chi connectivity index (χ1n) is 17.0. The molecule has 4 amide bonds. The summed E-state index contributed by atoms with van der Waals surface area (Å²) in [5, 5.41) is 12.3. The topological polar surface area (TPSA) is 159 Å². The Kier molecular flexibility index (Phi) is 9.23. The summed E-state index contributed by atoms with van der Waals surface area (Å²) < 4.78 is 5.64. The van der Waals surface area contributed by atoms with Gasteiger partial charge in [-0.05, 0) is 55.1 Å². The van der Waals surface area contributed by atoms with Crippen molar-refractivity contribution in [1.29, 1.82) is 0 Å². The van der Waals surface area contributed by atoms with E-state index in [0.29, 0.717) is 19.5 Å². The normalized spacial score (nSPS) is 24.4. The lowest BCUT2D eigenvalue weighted by Gasteiger charge is -2.35. The number of carbonyl (C=O) groups is 5. The molecule has 3 fully saturated rings. The zero-order valence-electron chi connectivity index (χ0n) is 28.2. The van der Waals surface area contributed by atoms with Gasteiger partial charge in [0.05, 0.1) is 13.0 Å². The number of ketones is 1. The van der Waals surface area contributed by atoms with Crippen LogP contribution in [0, 0.1) is 5.41 Å². The van der Waals surface area contributed by atoms with Crippen LogP contribution in [0.25, 0.3) is 0 Å². The maximum atomic E-state index is 14.5. The molecule has 0 radical (unpaired) electrons. The minimum Gasteiger partial charge on any atom is -0.446 e. The number of nitrogens with zero attached hydrogens (tertiary/aromatic N) is 3. The largest absolute Gasteiger partial charge is 0.446 e. The quantitative estimate of drug-likeness (QED) is 0.283. The zero-order valence-corrected chi connectivity index (χ0v) is 28.2. The van der Waals surface area contributed by atoms with E-state index in [0.717, 1.165) is 49.9 Å². The number of ether oxygens (including phenoxy) is 1. The van der Waals surface area contributed by atoms with Gasteiger partial charge in [-0.2, -0.15) is 0 Å². The van der Waals surface area contributed by atoms with Gasteiger partial charge in [-0.1, -0.05) is 61.8 Å². The van der Waals surface area contributed by atoms with Crippen molar-refractivity contribution in [1.82, 2.24) is 25.8 Å². The number of alkyl carbamates (subject to hydrolysis) is 1. The van der Waals surface area contributed by atoms with Crippen LogP contribution >= 0.6 is 0 Å². The fourth-order valence-electron chi connectivity index (χ4n) is 7.09. The van der Waals surface area contributed by atoms with Gasteiger partial charge < -0.3 is 35.3 Å². The van der Waals surface area contributed by atoms with Crippen LogP contribution in [-0.4, -0.2) is 88.7 Å². The molecule has 258 valence electrons. The molecule has 1 spiro atoms. The molecule has 2 aliphatic carbocycles. The second-order valence-corrected chi connectivity index (χ2v) is 14.8. The predicted octanol–water partition coefficient (Wildman–Crippen LogP) is 2.68. The molecule has 48 heavy (non-hydrogen) atoms. The van der Waals surface area contributed by atoms with Gasteiger partial charge in [-0.25, -0.2) is 4.79 Å². The lowest BCUT2D eigenvalue weighted by Crippen LogP contribution is -2.59. The van der Waals surface area contributed by atoms with Crippen molar-refractivity contribution in [3.05, 3.63) is 47.0 Å². The highest BCUT2D eigenvalue weighted by Gasteiger charge is 2.56. The molecule has 3 aliphatic heterocycles. The summed E-state index contributed by atoms with van der Waals surface area (Å²) in [6, 6.07) is 4.92. The van der Waals surface area contributed by atoms with Gasteiger partial charge in [-0.15, -0.1) is 0 Å². The number of hydrogen-bond donors (Lipinski definition) is 3. The van der Waals surface area contributed by atoms with Crippen molar-refractivity contribution in [3.8, 4) is 0 Å². The fourth-order valence-corrected chi connectivity index (χ4v) is 7.09. The van der Waals surface area contributed by atoms with Crippen molar-refractivity contribution >= 4 is 35.4 Å². The van der Waals surface area contributed by atoms with Gasteiger partial charge in [0.15, 0.2) is 5.60 Å².